The Kier molecular flexibility index (Phi) is 1.98. The van der Waals surface area contributed by atoms with Crippen LogP contribution in [-0.4, -0.2) is 5.87 Å². The summed E-state index contributed by atoms with van der Waals surface area (Å²) in [7, 11) is 0. The van der Waals surface area contributed by atoms with Crippen LogP contribution in [0.1, 0.15) is 5.56 Å². The highest BCUT2D eigenvalue weighted by molar-refractivity contribution is 5.60. The molecular weight excluding hydrogens is 124 g/mol. The zero-order valence-electron chi connectivity index (χ0n) is 5.83. The second-order valence-corrected chi connectivity index (χ2v) is 2.10. The summed E-state index contributed by atoms with van der Waals surface area (Å²) in [6.07, 6.45) is 5.33. The molecule has 1 N–H and O–H groups in total. The highest BCUT2D eigenvalue weighted by Gasteiger charge is 1.90. The highest BCUT2D eigenvalue weighted by Crippen LogP contribution is 1.88. The van der Waals surface area contributed by atoms with Gasteiger partial charge in [-0.05, 0) is 12.5 Å². The van der Waals surface area contributed by atoms with Crippen LogP contribution in [0.4, 0.5) is 0 Å². The Balaban J connectivity index is 3.00. The standard InChI is InChI=1S/C8H9N2/c1-8-2-5-10(6-3-8)7-4-9/h2-3,5-7,9H,1H3/q+1. The van der Waals surface area contributed by atoms with E-state index in [2.05, 4.69) is 5.87 Å². The van der Waals surface area contributed by atoms with Crippen molar-refractivity contribution in [2.75, 3.05) is 0 Å². The minimum absolute atomic E-state index is 1.22. The molecule has 0 radical (unpaired) electrons. The average molecular weight is 133 g/mol. The van der Waals surface area contributed by atoms with Crippen LogP contribution >= 0.6 is 0 Å². The predicted octanol–water partition coefficient (Wildman–Crippen LogP) is 1.00. The van der Waals surface area contributed by atoms with Crippen LogP contribution in [0, 0.1) is 12.3 Å². The van der Waals surface area contributed by atoms with E-state index >= 15 is 0 Å². The maximum absolute atomic E-state index is 6.67. The third kappa shape index (κ3) is 1.54. The number of aromatic nitrogens is 1. The third-order valence-corrected chi connectivity index (χ3v) is 1.23. The zero-order chi connectivity index (χ0) is 7.40. The van der Waals surface area contributed by atoms with E-state index in [1.807, 2.05) is 31.5 Å². The van der Waals surface area contributed by atoms with Gasteiger partial charge in [-0.15, -0.1) is 0 Å². The van der Waals surface area contributed by atoms with E-state index in [1.54, 1.807) is 10.8 Å². The predicted molar refractivity (Wildman–Crippen MR) is 39.9 cm³/mol. The van der Waals surface area contributed by atoms with Gasteiger partial charge in [-0.2, -0.15) is 4.57 Å². The molecule has 1 rings (SSSR count). The topological polar surface area (TPSA) is 27.7 Å². The first-order chi connectivity index (χ1) is 4.83. The minimum Gasteiger partial charge on any atom is -0.254 e. The van der Waals surface area contributed by atoms with Gasteiger partial charge in [-0.25, -0.2) is 0 Å². The molecule has 10 heavy (non-hydrogen) atoms. The molecular formula is C8H9N2+. The summed E-state index contributed by atoms with van der Waals surface area (Å²) in [6, 6.07) is 3.96. The van der Waals surface area contributed by atoms with Crippen molar-refractivity contribution in [1.82, 2.24) is 0 Å². The summed E-state index contributed by atoms with van der Waals surface area (Å²) < 4.78 is 1.78. The van der Waals surface area contributed by atoms with Gasteiger partial charge in [0.1, 0.15) is 0 Å². The Morgan fingerprint density at radius 3 is 2.60 bits per heavy atom. The lowest BCUT2D eigenvalue weighted by Gasteiger charge is -1.85. The molecule has 0 bridgehead atoms. The molecule has 1 aromatic heterocycles. The first-order valence-corrected chi connectivity index (χ1v) is 3.06. The number of hydrogen-bond donors (Lipinski definition) is 1. The summed E-state index contributed by atoms with van der Waals surface area (Å²) in [5.74, 6) is 2.19. The Morgan fingerprint density at radius 1 is 1.50 bits per heavy atom. The molecule has 0 saturated heterocycles. The largest absolute Gasteiger partial charge is 0.254 e. The van der Waals surface area contributed by atoms with Crippen molar-refractivity contribution in [3.8, 4) is 0 Å². The van der Waals surface area contributed by atoms with Crippen LogP contribution in [0.25, 0.3) is 6.20 Å². The van der Waals surface area contributed by atoms with Crippen molar-refractivity contribution in [2.24, 2.45) is 0 Å². The molecule has 1 aromatic rings. The van der Waals surface area contributed by atoms with Crippen LogP contribution in [0.2, 0.25) is 0 Å². The number of pyridine rings is 1. The lowest BCUT2D eigenvalue weighted by Crippen LogP contribution is -2.24. The molecule has 0 atom stereocenters. The molecule has 0 spiro atoms. The van der Waals surface area contributed by atoms with Crippen molar-refractivity contribution < 1.29 is 4.57 Å². The van der Waals surface area contributed by atoms with E-state index in [0.29, 0.717) is 0 Å². The average Bonchev–Trinajstić information content (AvgIpc) is 1.95. The SMILES string of the molecule is Cc1cc[n+](C=C=N)cc1. The van der Waals surface area contributed by atoms with Gasteiger partial charge in [0.05, 0.1) is 0 Å². The van der Waals surface area contributed by atoms with Crippen molar-refractivity contribution in [3.63, 3.8) is 0 Å². The van der Waals surface area contributed by atoms with Crippen molar-refractivity contribution in [1.29, 1.82) is 5.41 Å². The molecule has 0 aromatic carbocycles. The van der Waals surface area contributed by atoms with E-state index in [1.165, 1.54) is 5.56 Å². The highest BCUT2D eigenvalue weighted by atomic mass is 14.9. The summed E-state index contributed by atoms with van der Waals surface area (Å²) in [6.45, 7) is 2.03. The van der Waals surface area contributed by atoms with Gasteiger partial charge in [0, 0.05) is 18.0 Å². The summed E-state index contributed by atoms with van der Waals surface area (Å²) in [5.41, 5.74) is 1.22. The second kappa shape index (κ2) is 2.95. The van der Waals surface area contributed by atoms with Gasteiger partial charge in [0.25, 0.3) is 0 Å². The Hall–Kier alpha value is -1.40. The molecule has 0 aliphatic rings. The fourth-order valence-electron chi connectivity index (χ4n) is 0.673. The van der Waals surface area contributed by atoms with Gasteiger partial charge >= 0.3 is 0 Å². The maximum atomic E-state index is 6.67. The molecule has 0 amide bonds. The van der Waals surface area contributed by atoms with Gasteiger partial charge in [-0.1, -0.05) is 0 Å². The van der Waals surface area contributed by atoms with Gasteiger partial charge in [0.15, 0.2) is 12.4 Å². The molecule has 0 saturated carbocycles. The normalized spacial score (nSPS) is 8.50. The fraction of sp³-hybridized carbons (Fsp3) is 0.125. The van der Waals surface area contributed by atoms with Gasteiger partial charge < -0.3 is 0 Å². The van der Waals surface area contributed by atoms with Crippen LogP contribution in [0.3, 0.4) is 0 Å². The molecule has 0 fully saturated rings. The summed E-state index contributed by atoms with van der Waals surface area (Å²) >= 11 is 0. The van der Waals surface area contributed by atoms with Crippen LogP contribution in [-0.2, 0) is 0 Å². The smallest absolute Gasteiger partial charge is 0.236 e. The van der Waals surface area contributed by atoms with Crippen molar-refractivity contribution >= 4 is 12.1 Å². The molecule has 2 heteroatoms. The second-order valence-electron chi connectivity index (χ2n) is 2.10. The number of rotatable bonds is 1. The van der Waals surface area contributed by atoms with Crippen LogP contribution < -0.4 is 4.57 Å². The van der Waals surface area contributed by atoms with Gasteiger partial charge in [-0.3, -0.25) is 5.41 Å². The molecule has 0 unspecified atom stereocenters. The van der Waals surface area contributed by atoms with E-state index < -0.39 is 0 Å². The summed E-state index contributed by atoms with van der Waals surface area (Å²) in [5, 5.41) is 6.67. The van der Waals surface area contributed by atoms with E-state index in [0.717, 1.165) is 0 Å². The first kappa shape index (κ1) is 6.72. The van der Waals surface area contributed by atoms with Gasteiger partial charge in [0.2, 0.25) is 6.20 Å². The Labute approximate surface area is 60.0 Å². The minimum atomic E-state index is 1.22. The van der Waals surface area contributed by atoms with E-state index in [9.17, 15) is 0 Å². The third-order valence-electron chi connectivity index (χ3n) is 1.23. The first-order valence-electron chi connectivity index (χ1n) is 3.06. The zero-order valence-corrected chi connectivity index (χ0v) is 5.83. The molecule has 1 heterocycles. The van der Waals surface area contributed by atoms with Crippen LogP contribution in [0.5, 0.6) is 0 Å². The maximum Gasteiger partial charge on any atom is 0.236 e. The number of nitrogens with zero attached hydrogens (tertiary/aromatic N) is 1. The van der Waals surface area contributed by atoms with Crippen molar-refractivity contribution in [2.45, 2.75) is 6.92 Å². The van der Waals surface area contributed by atoms with Crippen LogP contribution in [0.15, 0.2) is 24.5 Å². The Bertz CT molecular complexity index is 255. The Morgan fingerprint density at radius 2 is 2.10 bits per heavy atom. The lowest BCUT2D eigenvalue weighted by atomic mass is 10.3. The lowest BCUT2D eigenvalue weighted by molar-refractivity contribution is -0.566. The molecule has 0 aliphatic heterocycles. The van der Waals surface area contributed by atoms with E-state index in [4.69, 9.17) is 5.41 Å². The fourth-order valence-corrected chi connectivity index (χ4v) is 0.673. The number of aryl methyl sites for hydroxylation is 1. The molecule has 2 nitrogen and oxygen atoms in total. The summed E-state index contributed by atoms with van der Waals surface area (Å²) in [4.78, 5) is 0. The molecule has 50 valence electrons. The monoisotopic (exact) mass is 133 g/mol. The number of hydrogen-bond acceptors (Lipinski definition) is 1. The van der Waals surface area contributed by atoms with Crippen molar-refractivity contribution in [3.05, 3.63) is 30.1 Å². The number of nitrogens with one attached hydrogen (secondary N) is 1. The quantitative estimate of drug-likeness (QED) is 0.437. The molecule has 0 aliphatic carbocycles. The van der Waals surface area contributed by atoms with E-state index in [-0.39, 0.29) is 0 Å².